The molecule has 0 aliphatic heterocycles. The highest BCUT2D eigenvalue weighted by Gasteiger charge is 2.11. The highest BCUT2D eigenvalue weighted by molar-refractivity contribution is 5.86. The lowest BCUT2D eigenvalue weighted by Gasteiger charge is -2.10. The average molecular weight is 159 g/mol. The highest BCUT2D eigenvalue weighted by atomic mass is 16.2. The van der Waals surface area contributed by atoms with Crippen LogP contribution in [-0.4, -0.2) is 32.1 Å². The molecule has 5 nitrogen and oxygen atoms in total. The van der Waals surface area contributed by atoms with Gasteiger partial charge >= 0.3 is 6.03 Å². The SMILES string of the molecule is CNC(=O)N[C@H](C)C(=O)NC. The molecule has 0 unspecified atom stereocenters. The molecule has 0 bridgehead atoms. The standard InChI is InChI=1S/C6H13N3O2/c1-4(5(10)7-2)9-6(11)8-3/h4H,1-3H3,(H,7,10)(H2,8,9,11)/t4-/m1/s1. The zero-order valence-electron chi connectivity index (χ0n) is 6.89. The van der Waals surface area contributed by atoms with Gasteiger partial charge in [-0.05, 0) is 6.92 Å². The summed E-state index contributed by atoms with van der Waals surface area (Å²) in [6.45, 7) is 1.61. The molecule has 64 valence electrons. The molecular formula is C6H13N3O2. The Kier molecular flexibility index (Phi) is 4.02. The second kappa shape index (κ2) is 4.54. The van der Waals surface area contributed by atoms with Gasteiger partial charge in [0.1, 0.15) is 6.04 Å². The molecule has 11 heavy (non-hydrogen) atoms. The quantitative estimate of drug-likeness (QED) is 0.486. The van der Waals surface area contributed by atoms with Crippen molar-refractivity contribution in [3.05, 3.63) is 0 Å². The van der Waals surface area contributed by atoms with Crippen LogP contribution in [0.1, 0.15) is 6.92 Å². The van der Waals surface area contributed by atoms with Gasteiger partial charge in [-0.2, -0.15) is 0 Å². The first-order valence-electron chi connectivity index (χ1n) is 3.31. The van der Waals surface area contributed by atoms with Crippen molar-refractivity contribution in [2.45, 2.75) is 13.0 Å². The Morgan fingerprint density at radius 3 is 2.09 bits per heavy atom. The van der Waals surface area contributed by atoms with Crippen molar-refractivity contribution in [3.8, 4) is 0 Å². The first-order valence-corrected chi connectivity index (χ1v) is 3.31. The van der Waals surface area contributed by atoms with Gasteiger partial charge in [-0.3, -0.25) is 4.79 Å². The molecule has 0 spiro atoms. The lowest BCUT2D eigenvalue weighted by molar-refractivity contribution is -0.122. The van der Waals surface area contributed by atoms with Crippen molar-refractivity contribution in [3.63, 3.8) is 0 Å². The summed E-state index contributed by atoms with van der Waals surface area (Å²) in [5.41, 5.74) is 0. The van der Waals surface area contributed by atoms with Crippen molar-refractivity contribution in [1.29, 1.82) is 0 Å². The average Bonchev–Trinajstić information content (AvgIpc) is 2.02. The van der Waals surface area contributed by atoms with Crippen molar-refractivity contribution in [1.82, 2.24) is 16.0 Å². The van der Waals surface area contributed by atoms with E-state index in [1.165, 1.54) is 14.1 Å². The van der Waals surface area contributed by atoms with E-state index in [4.69, 9.17) is 0 Å². The Labute approximate surface area is 65.5 Å². The van der Waals surface area contributed by atoms with Crippen LogP contribution >= 0.6 is 0 Å². The molecule has 0 rings (SSSR count). The van der Waals surface area contributed by atoms with Crippen LogP contribution in [0, 0.1) is 0 Å². The summed E-state index contributed by atoms with van der Waals surface area (Å²) in [7, 11) is 3.01. The molecule has 0 radical (unpaired) electrons. The number of hydrogen-bond donors (Lipinski definition) is 3. The van der Waals surface area contributed by atoms with Gasteiger partial charge in [0.2, 0.25) is 5.91 Å². The fraction of sp³-hybridized carbons (Fsp3) is 0.667. The van der Waals surface area contributed by atoms with E-state index in [0.717, 1.165) is 0 Å². The van der Waals surface area contributed by atoms with Gasteiger partial charge in [-0.25, -0.2) is 4.79 Å². The number of nitrogens with one attached hydrogen (secondary N) is 3. The Morgan fingerprint density at radius 2 is 1.73 bits per heavy atom. The summed E-state index contributed by atoms with van der Waals surface area (Å²) < 4.78 is 0. The molecule has 0 heterocycles. The van der Waals surface area contributed by atoms with Gasteiger partial charge in [-0.15, -0.1) is 0 Å². The summed E-state index contributed by atoms with van der Waals surface area (Å²) in [6.07, 6.45) is 0. The maximum atomic E-state index is 10.8. The van der Waals surface area contributed by atoms with Gasteiger partial charge < -0.3 is 16.0 Å². The van der Waals surface area contributed by atoms with E-state index in [-0.39, 0.29) is 11.9 Å². The maximum absolute atomic E-state index is 10.8. The molecular weight excluding hydrogens is 146 g/mol. The third-order valence-electron chi connectivity index (χ3n) is 1.21. The Balaban J connectivity index is 3.77. The molecule has 3 N–H and O–H groups in total. The van der Waals surface area contributed by atoms with E-state index >= 15 is 0 Å². The smallest absolute Gasteiger partial charge is 0.315 e. The number of rotatable bonds is 2. The van der Waals surface area contributed by atoms with Crippen LogP contribution in [0.4, 0.5) is 4.79 Å². The second-order valence-corrected chi connectivity index (χ2v) is 2.06. The van der Waals surface area contributed by atoms with Crippen LogP contribution in [0.5, 0.6) is 0 Å². The summed E-state index contributed by atoms with van der Waals surface area (Å²) >= 11 is 0. The van der Waals surface area contributed by atoms with E-state index in [1.54, 1.807) is 6.92 Å². The summed E-state index contributed by atoms with van der Waals surface area (Å²) in [4.78, 5) is 21.4. The van der Waals surface area contributed by atoms with Crippen molar-refractivity contribution in [2.75, 3.05) is 14.1 Å². The molecule has 5 heteroatoms. The molecule has 0 aromatic carbocycles. The van der Waals surface area contributed by atoms with E-state index in [0.29, 0.717) is 0 Å². The lowest BCUT2D eigenvalue weighted by Crippen LogP contribution is -2.46. The minimum absolute atomic E-state index is 0.214. The Hall–Kier alpha value is -1.26. The lowest BCUT2D eigenvalue weighted by atomic mass is 10.3. The molecule has 0 aliphatic rings. The number of urea groups is 1. The van der Waals surface area contributed by atoms with Gasteiger partial charge in [0.05, 0.1) is 0 Å². The largest absolute Gasteiger partial charge is 0.357 e. The molecule has 0 saturated carbocycles. The summed E-state index contributed by atoms with van der Waals surface area (Å²) in [6, 6.07) is -0.860. The predicted molar refractivity (Wildman–Crippen MR) is 41.1 cm³/mol. The van der Waals surface area contributed by atoms with Gasteiger partial charge in [-0.1, -0.05) is 0 Å². The summed E-state index contributed by atoms with van der Waals surface area (Å²) in [5.74, 6) is -0.214. The summed E-state index contributed by atoms with van der Waals surface area (Å²) in [5, 5.41) is 7.18. The topological polar surface area (TPSA) is 70.2 Å². The van der Waals surface area contributed by atoms with Crippen LogP contribution in [0.2, 0.25) is 0 Å². The molecule has 3 amide bonds. The molecule has 0 aromatic heterocycles. The van der Waals surface area contributed by atoms with Crippen LogP contribution in [0.3, 0.4) is 0 Å². The first kappa shape index (κ1) is 9.74. The normalized spacial score (nSPS) is 11.5. The van der Waals surface area contributed by atoms with Crippen molar-refractivity contribution < 1.29 is 9.59 Å². The Morgan fingerprint density at radius 1 is 1.18 bits per heavy atom. The Bertz CT molecular complexity index is 158. The fourth-order valence-corrected chi connectivity index (χ4v) is 0.551. The number of hydrogen-bond acceptors (Lipinski definition) is 2. The number of carbonyl (C=O) groups is 2. The highest BCUT2D eigenvalue weighted by Crippen LogP contribution is 1.79. The molecule has 0 fully saturated rings. The van der Waals surface area contributed by atoms with Gasteiger partial charge in [0.15, 0.2) is 0 Å². The zero-order valence-corrected chi connectivity index (χ0v) is 6.89. The van der Waals surface area contributed by atoms with Crippen LogP contribution in [0.25, 0.3) is 0 Å². The predicted octanol–water partition coefficient (Wildman–Crippen LogP) is -0.950. The molecule has 0 saturated heterocycles. The number of amides is 3. The van der Waals surface area contributed by atoms with E-state index in [2.05, 4.69) is 16.0 Å². The molecule has 0 aliphatic carbocycles. The minimum Gasteiger partial charge on any atom is -0.357 e. The van der Waals surface area contributed by atoms with Crippen LogP contribution in [-0.2, 0) is 4.79 Å². The first-order chi connectivity index (χ1) is 5.11. The van der Waals surface area contributed by atoms with E-state index < -0.39 is 6.04 Å². The second-order valence-electron chi connectivity index (χ2n) is 2.06. The molecule has 1 atom stereocenters. The van der Waals surface area contributed by atoms with Crippen LogP contribution in [0.15, 0.2) is 0 Å². The number of likely N-dealkylation sites (N-methyl/N-ethyl adjacent to an activating group) is 1. The zero-order chi connectivity index (χ0) is 8.85. The van der Waals surface area contributed by atoms with E-state index in [9.17, 15) is 9.59 Å². The fourth-order valence-electron chi connectivity index (χ4n) is 0.551. The minimum atomic E-state index is -0.500. The van der Waals surface area contributed by atoms with Gasteiger partial charge in [0.25, 0.3) is 0 Å². The third-order valence-corrected chi connectivity index (χ3v) is 1.21. The monoisotopic (exact) mass is 159 g/mol. The van der Waals surface area contributed by atoms with E-state index in [1.807, 2.05) is 0 Å². The van der Waals surface area contributed by atoms with Gasteiger partial charge in [0, 0.05) is 14.1 Å². The van der Waals surface area contributed by atoms with Crippen LogP contribution < -0.4 is 16.0 Å². The molecule has 0 aromatic rings. The third kappa shape index (κ3) is 3.44. The number of carbonyl (C=O) groups excluding carboxylic acids is 2. The van der Waals surface area contributed by atoms with Crippen molar-refractivity contribution in [2.24, 2.45) is 0 Å². The van der Waals surface area contributed by atoms with Crippen molar-refractivity contribution >= 4 is 11.9 Å². The maximum Gasteiger partial charge on any atom is 0.315 e.